The molecule has 2 N–H and O–H groups in total. The van der Waals surface area contributed by atoms with Crippen molar-refractivity contribution >= 4 is 5.91 Å². The molecular formula is C12H23N3O. The summed E-state index contributed by atoms with van der Waals surface area (Å²) in [5.74, 6) is 0.0658. The predicted molar refractivity (Wildman–Crippen MR) is 66.1 cm³/mol. The average molecular weight is 225 g/mol. The smallest absolute Gasteiger partial charge is 0.239 e. The van der Waals surface area contributed by atoms with E-state index in [0.29, 0.717) is 6.42 Å². The summed E-state index contributed by atoms with van der Waals surface area (Å²) in [5.41, 5.74) is 5.78. The van der Waals surface area contributed by atoms with Crippen molar-refractivity contribution < 1.29 is 4.79 Å². The Hall–Kier alpha value is -0.870. The van der Waals surface area contributed by atoms with E-state index in [2.05, 4.69) is 18.4 Å². The first-order chi connectivity index (χ1) is 7.69. The van der Waals surface area contributed by atoms with Crippen LogP contribution < -0.4 is 5.73 Å². The number of nitrogens with two attached hydrogens (primary N) is 1. The molecule has 0 radical (unpaired) electrons. The van der Waals surface area contributed by atoms with Crippen LogP contribution in [0.15, 0.2) is 12.7 Å². The molecule has 16 heavy (non-hydrogen) atoms. The Bertz CT molecular complexity index is 234. The van der Waals surface area contributed by atoms with Gasteiger partial charge < -0.3 is 10.6 Å². The van der Waals surface area contributed by atoms with Gasteiger partial charge in [0.1, 0.15) is 0 Å². The van der Waals surface area contributed by atoms with E-state index in [-0.39, 0.29) is 5.91 Å². The van der Waals surface area contributed by atoms with Gasteiger partial charge in [-0.25, -0.2) is 0 Å². The van der Waals surface area contributed by atoms with Gasteiger partial charge in [-0.3, -0.25) is 9.69 Å². The van der Waals surface area contributed by atoms with Crippen LogP contribution in [-0.2, 0) is 4.79 Å². The highest BCUT2D eigenvalue weighted by molar-refractivity contribution is 5.81. The molecular weight excluding hydrogens is 202 g/mol. The summed E-state index contributed by atoms with van der Waals surface area (Å²) < 4.78 is 0. The van der Waals surface area contributed by atoms with Crippen LogP contribution in [0.25, 0.3) is 0 Å². The second-order valence-corrected chi connectivity index (χ2v) is 4.30. The Morgan fingerprint density at radius 2 is 2.06 bits per heavy atom. The number of carbonyl (C=O) groups excluding carboxylic acids is 1. The van der Waals surface area contributed by atoms with E-state index in [1.165, 1.54) is 6.42 Å². The molecule has 4 nitrogen and oxygen atoms in total. The number of amides is 1. The van der Waals surface area contributed by atoms with E-state index < -0.39 is 6.04 Å². The van der Waals surface area contributed by atoms with Crippen LogP contribution in [0.2, 0.25) is 0 Å². The van der Waals surface area contributed by atoms with Crippen molar-refractivity contribution in [1.82, 2.24) is 9.80 Å². The number of nitrogens with zero attached hydrogens (tertiary/aromatic N) is 2. The molecule has 0 saturated carbocycles. The molecule has 1 aliphatic heterocycles. The van der Waals surface area contributed by atoms with Gasteiger partial charge >= 0.3 is 0 Å². The zero-order valence-corrected chi connectivity index (χ0v) is 10.2. The van der Waals surface area contributed by atoms with Crippen molar-refractivity contribution in [2.75, 3.05) is 32.7 Å². The topological polar surface area (TPSA) is 49.6 Å². The lowest BCUT2D eigenvalue weighted by Crippen LogP contribution is -2.53. The standard InChI is InChI=1S/C12H23N3O/c1-3-5-11(13)12(16)15-9-7-14(6-4-2)8-10-15/h3,11H,1,4-10,13H2,2H3. The van der Waals surface area contributed by atoms with Crippen LogP contribution in [0.4, 0.5) is 0 Å². The fourth-order valence-electron chi connectivity index (χ4n) is 2.02. The summed E-state index contributed by atoms with van der Waals surface area (Å²) in [6.07, 6.45) is 3.44. The summed E-state index contributed by atoms with van der Waals surface area (Å²) >= 11 is 0. The zero-order chi connectivity index (χ0) is 12.0. The van der Waals surface area contributed by atoms with Crippen LogP contribution in [0, 0.1) is 0 Å². The number of hydrogen-bond acceptors (Lipinski definition) is 3. The fourth-order valence-corrected chi connectivity index (χ4v) is 2.02. The zero-order valence-electron chi connectivity index (χ0n) is 10.2. The molecule has 1 aliphatic rings. The van der Waals surface area contributed by atoms with Crippen LogP contribution in [-0.4, -0.2) is 54.5 Å². The molecule has 1 amide bonds. The lowest BCUT2D eigenvalue weighted by molar-refractivity contribution is -0.134. The molecule has 1 saturated heterocycles. The van der Waals surface area contributed by atoms with Crippen molar-refractivity contribution in [2.24, 2.45) is 5.73 Å². The highest BCUT2D eigenvalue weighted by atomic mass is 16.2. The van der Waals surface area contributed by atoms with E-state index in [1.807, 2.05) is 4.90 Å². The largest absolute Gasteiger partial charge is 0.339 e. The Balaban J connectivity index is 2.35. The molecule has 1 rings (SSSR count). The summed E-state index contributed by atoms with van der Waals surface area (Å²) in [4.78, 5) is 16.2. The van der Waals surface area contributed by atoms with Gasteiger partial charge in [0.15, 0.2) is 0 Å². The molecule has 1 unspecified atom stereocenters. The maximum Gasteiger partial charge on any atom is 0.239 e. The summed E-state index contributed by atoms with van der Waals surface area (Å²) in [7, 11) is 0. The SMILES string of the molecule is C=CCC(N)C(=O)N1CCN(CCC)CC1. The summed E-state index contributed by atoms with van der Waals surface area (Å²) in [5, 5.41) is 0. The molecule has 1 heterocycles. The van der Waals surface area contributed by atoms with Gasteiger partial charge in [-0.15, -0.1) is 6.58 Å². The number of rotatable bonds is 5. The first-order valence-electron chi connectivity index (χ1n) is 6.06. The highest BCUT2D eigenvalue weighted by Crippen LogP contribution is 2.05. The molecule has 1 fully saturated rings. The third-order valence-corrected chi connectivity index (χ3v) is 2.96. The van der Waals surface area contributed by atoms with E-state index in [4.69, 9.17) is 5.73 Å². The minimum atomic E-state index is -0.407. The van der Waals surface area contributed by atoms with Gasteiger partial charge in [0.25, 0.3) is 0 Å². The third-order valence-electron chi connectivity index (χ3n) is 2.96. The minimum Gasteiger partial charge on any atom is -0.339 e. The van der Waals surface area contributed by atoms with Crippen molar-refractivity contribution in [2.45, 2.75) is 25.8 Å². The molecule has 0 aliphatic carbocycles. The predicted octanol–water partition coefficient (Wildman–Crippen LogP) is 0.444. The van der Waals surface area contributed by atoms with Crippen molar-refractivity contribution in [3.8, 4) is 0 Å². The minimum absolute atomic E-state index is 0.0658. The molecule has 4 heteroatoms. The van der Waals surface area contributed by atoms with Crippen molar-refractivity contribution in [3.63, 3.8) is 0 Å². The lowest BCUT2D eigenvalue weighted by Gasteiger charge is -2.35. The van der Waals surface area contributed by atoms with Gasteiger partial charge in [0.2, 0.25) is 5.91 Å². The maximum atomic E-state index is 11.9. The molecule has 0 aromatic heterocycles. The number of carbonyl (C=O) groups is 1. The van der Waals surface area contributed by atoms with Gasteiger partial charge in [0, 0.05) is 26.2 Å². The maximum absolute atomic E-state index is 11.9. The quantitative estimate of drug-likeness (QED) is 0.691. The highest BCUT2D eigenvalue weighted by Gasteiger charge is 2.23. The van der Waals surface area contributed by atoms with Crippen LogP contribution >= 0.6 is 0 Å². The fraction of sp³-hybridized carbons (Fsp3) is 0.750. The second kappa shape index (κ2) is 6.66. The van der Waals surface area contributed by atoms with Gasteiger partial charge in [-0.05, 0) is 19.4 Å². The lowest BCUT2D eigenvalue weighted by atomic mass is 10.1. The number of hydrogen-bond donors (Lipinski definition) is 1. The number of piperazine rings is 1. The monoisotopic (exact) mass is 225 g/mol. The van der Waals surface area contributed by atoms with E-state index >= 15 is 0 Å². The Morgan fingerprint density at radius 1 is 1.44 bits per heavy atom. The average Bonchev–Trinajstić information content (AvgIpc) is 2.30. The van der Waals surface area contributed by atoms with Gasteiger partial charge in [-0.1, -0.05) is 13.0 Å². The van der Waals surface area contributed by atoms with Crippen molar-refractivity contribution in [1.29, 1.82) is 0 Å². The van der Waals surface area contributed by atoms with Gasteiger partial charge in [-0.2, -0.15) is 0 Å². The Labute approximate surface area is 98.1 Å². The second-order valence-electron chi connectivity index (χ2n) is 4.30. The first kappa shape index (κ1) is 13.2. The normalized spacial score (nSPS) is 19.5. The first-order valence-corrected chi connectivity index (χ1v) is 6.06. The molecule has 0 aromatic rings. The molecule has 0 aromatic carbocycles. The molecule has 92 valence electrons. The van der Waals surface area contributed by atoms with E-state index in [0.717, 1.165) is 32.7 Å². The molecule has 1 atom stereocenters. The van der Waals surface area contributed by atoms with E-state index in [9.17, 15) is 4.79 Å². The summed E-state index contributed by atoms with van der Waals surface area (Å²) in [6, 6.07) is -0.407. The van der Waals surface area contributed by atoms with Crippen LogP contribution in [0.3, 0.4) is 0 Å². The molecule has 0 bridgehead atoms. The third kappa shape index (κ3) is 3.61. The Kier molecular flexibility index (Phi) is 5.49. The van der Waals surface area contributed by atoms with Gasteiger partial charge in [0.05, 0.1) is 6.04 Å². The summed E-state index contributed by atoms with van der Waals surface area (Å²) in [6.45, 7) is 10.5. The molecule has 0 spiro atoms. The van der Waals surface area contributed by atoms with Crippen molar-refractivity contribution in [3.05, 3.63) is 12.7 Å². The van der Waals surface area contributed by atoms with Crippen LogP contribution in [0.1, 0.15) is 19.8 Å². The van der Waals surface area contributed by atoms with Crippen LogP contribution in [0.5, 0.6) is 0 Å². The van der Waals surface area contributed by atoms with E-state index in [1.54, 1.807) is 6.08 Å². The Morgan fingerprint density at radius 3 is 2.56 bits per heavy atom.